The molecule has 1 aliphatic heterocycles. The number of hydrogen-bond acceptors (Lipinski definition) is 8. The van der Waals surface area contributed by atoms with Crippen LogP contribution in [-0.2, 0) is 16.4 Å². The molecule has 1 saturated carbocycles. The van der Waals surface area contributed by atoms with Crippen molar-refractivity contribution in [2.75, 3.05) is 38.2 Å². The van der Waals surface area contributed by atoms with Crippen molar-refractivity contribution in [1.82, 2.24) is 10.2 Å². The maximum Gasteiger partial charge on any atom is 0.253 e. The third kappa shape index (κ3) is 8.11. The van der Waals surface area contributed by atoms with E-state index in [2.05, 4.69) is 17.4 Å². The van der Waals surface area contributed by atoms with E-state index >= 15 is 0 Å². The van der Waals surface area contributed by atoms with Gasteiger partial charge in [0.15, 0.2) is 9.84 Å². The van der Waals surface area contributed by atoms with Gasteiger partial charge in [0.1, 0.15) is 35.7 Å². The normalized spacial score (nSPS) is 19.5. The number of nitrogens with two attached hydrogens (primary N) is 1. The summed E-state index contributed by atoms with van der Waals surface area (Å²) >= 11 is 0. The van der Waals surface area contributed by atoms with E-state index in [9.17, 15) is 18.3 Å². The Kier molecular flexibility index (Phi) is 10.5. The Labute approximate surface area is 260 Å². The summed E-state index contributed by atoms with van der Waals surface area (Å²) in [6, 6.07) is 21.0. The highest BCUT2D eigenvalue weighted by Crippen LogP contribution is 2.37. The zero-order chi connectivity index (χ0) is 31.1. The number of amides is 1. The van der Waals surface area contributed by atoms with Crippen molar-refractivity contribution in [2.24, 2.45) is 0 Å². The molecule has 1 aliphatic carbocycles. The largest absolute Gasteiger partial charge is 0.489 e. The van der Waals surface area contributed by atoms with Gasteiger partial charge in [0.2, 0.25) is 0 Å². The number of aliphatic hydroxyl groups excluding tert-OH is 1. The van der Waals surface area contributed by atoms with Gasteiger partial charge in [-0.25, -0.2) is 8.42 Å². The molecule has 2 aliphatic rings. The fraction of sp³-hybridized carbons (Fsp3) is 0.441. The molecule has 44 heavy (non-hydrogen) atoms. The number of benzene rings is 3. The third-order valence-corrected chi connectivity index (χ3v) is 9.71. The maximum absolute atomic E-state index is 12.6. The number of ether oxygens (including phenoxy) is 2. The molecule has 1 saturated heterocycles. The minimum Gasteiger partial charge on any atom is -0.489 e. The molecule has 0 radical (unpaired) electrons. The summed E-state index contributed by atoms with van der Waals surface area (Å²) in [5.41, 5.74) is 9.13. The van der Waals surface area contributed by atoms with Gasteiger partial charge in [-0.3, -0.25) is 4.79 Å². The van der Waals surface area contributed by atoms with E-state index in [-0.39, 0.29) is 41.2 Å². The number of carbonyl (C=O) groups excluding carboxylic acids is 1. The Morgan fingerprint density at radius 1 is 0.955 bits per heavy atom. The van der Waals surface area contributed by atoms with Crippen LogP contribution in [0.2, 0.25) is 0 Å². The fourth-order valence-corrected chi connectivity index (χ4v) is 7.09. The average molecular weight is 622 g/mol. The molecule has 2 fully saturated rings. The lowest BCUT2D eigenvalue weighted by molar-refractivity contribution is 0.0792. The van der Waals surface area contributed by atoms with Crippen LogP contribution in [-0.4, -0.2) is 69.0 Å². The van der Waals surface area contributed by atoms with E-state index in [1.54, 1.807) is 6.07 Å². The first kappa shape index (κ1) is 31.8. The molecule has 10 heteroatoms. The van der Waals surface area contributed by atoms with Gasteiger partial charge >= 0.3 is 0 Å². The zero-order valence-electron chi connectivity index (χ0n) is 25.3. The Balaban J connectivity index is 1.08. The standard InChI is InChI=1S/C34H43N3O6S/c1-44(40,41)33-31(42-22-24-7-3-2-4-8-24)18-17-30(32(33)35)43-23-29(38)21-36-28-15-13-26(14-16-28)25-9-11-27(12-10-25)34(39)37-19-5-6-20-37/h2-4,7-12,17-18,26,28-29,36,38H,5-6,13-16,19-23,35H2,1H3/t26?,28?,29-/m0/s1. The molecule has 3 aromatic carbocycles. The van der Waals surface area contributed by atoms with Gasteiger partial charge in [-0.1, -0.05) is 42.5 Å². The van der Waals surface area contributed by atoms with Crippen LogP contribution < -0.4 is 20.5 Å². The van der Waals surface area contributed by atoms with Crippen LogP contribution in [0.1, 0.15) is 65.9 Å². The number of aliphatic hydroxyl groups is 1. The van der Waals surface area contributed by atoms with Crippen LogP contribution in [0.4, 0.5) is 5.69 Å². The number of nitrogens with zero attached hydrogens (tertiary/aromatic N) is 1. The Morgan fingerprint density at radius 3 is 2.27 bits per heavy atom. The van der Waals surface area contributed by atoms with E-state index in [4.69, 9.17) is 15.2 Å². The fourth-order valence-electron chi connectivity index (χ4n) is 6.10. The summed E-state index contributed by atoms with van der Waals surface area (Å²) in [6.45, 7) is 2.22. The van der Waals surface area contributed by atoms with Crippen molar-refractivity contribution in [2.45, 2.75) is 68.1 Å². The van der Waals surface area contributed by atoms with Crippen molar-refractivity contribution in [1.29, 1.82) is 0 Å². The number of anilines is 1. The van der Waals surface area contributed by atoms with Crippen molar-refractivity contribution in [3.63, 3.8) is 0 Å². The van der Waals surface area contributed by atoms with Gasteiger partial charge in [-0.05, 0) is 79.8 Å². The number of likely N-dealkylation sites (tertiary alicyclic amines) is 1. The number of nitrogen functional groups attached to an aromatic ring is 1. The van der Waals surface area contributed by atoms with Gasteiger partial charge in [0, 0.05) is 37.5 Å². The highest BCUT2D eigenvalue weighted by Gasteiger charge is 2.25. The second-order valence-corrected chi connectivity index (χ2v) is 13.8. The van der Waals surface area contributed by atoms with Crippen molar-refractivity contribution in [3.05, 3.63) is 83.4 Å². The molecule has 0 aromatic heterocycles. The van der Waals surface area contributed by atoms with Crippen LogP contribution in [0.3, 0.4) is 0 Å². The molecular weight excluding hydrogens is 578 g/mol. The molecule has 3 aromatic rings. The summed E-state index contributed by atoms with van der Waals surface area (Å²) in [7, 11) is -3.71. The van der Waals surface area contributed by atoms with Crippen LogP contribution in [0.15, 0.2) is 71.6 Å². The van der Waals surface area contributed by atoms with Crippen molar-refractivity contribution < 1.29 is 27.8 Å². The van der Waals surface area contributed by atoms with E-state index in [1.807, 2.05) is 47.4 Å². The first-order valence-electron chi connectivity index (χ1n) is 15.4. The minimum absolute atomic E-state index is 0.0370. The summed E-state index contributed by atoms with van der Waals surface area (Å²) < 4.78 is 36.7. The predicted molar refractivity (Wildman–Crippen MR) is 171 cm³/mol. The van der Waals surface area contributed by atoms with E-state index < -0.39 is 15.9 Å². The molecule has 0 unspecified atom stereocenters. The Bertz CT molecular complexity index is 1500. The van der Waals surface area contributed by atoms with Gasteiger partial charge in [0.25, 0.3) is 5.91 Å². The monoisotopic (exact) mass is 621 g/mol. The second-order valence-electron chi connectivity index (χ2n) is 11.9. The lowest BCUT2D eigenvalue weighted by Crippen LogP contribution is -2.39. The molecule has 1 amide bonds. The van der Waals surface area contributed by atoms with Crippen LogP contribution >= 0.6 is 0 Å². The maximum atomic E-state index is 12.6. The minimum atomic E-state index is -3.71. The molecule has 1 heterocycles. The second kappa shape index (κ2) is 14.5. The summed E-state index contributed by atoms with van der Waals surface area (Å²) in [6.07, 6.45) is 6.50. The van der Waals surface area contributed by atoms with Gasteiger partial charge < -0.3 is 30.5 Å². The highest BCUT2D eigenvalue weighted by molar-refractivity contribution is 7.91. The molecule has 1 atom stereocenters. The molecule has 236 valence electrons. The van der Waals surface area contributed by atoms with Crippen LogP contribution in [0, 0.1) is 0 Å². The zero-order valence-corrected chi connectivity index (χ0v) is 26.1. The SMILES string of the molecule is CS(=O)(=O)c1c(OCc2ccccc2)ccc(OC[C@@H](O)CNC2CCC(c3ccc(C(=O)N4CCCC4)cc3)CC2)c1N. The van der Waals surface area contributed by atoms with Crippen molar-refractivity contribution >= 4 is 21.4 Å². The van der Waals surface area contributed by atoms with E-state index in [1.165, 1.54) is 11.6 Å². The Morgan fingerprint density at radius 2 is 1.61 bits per heavy atom. The molecule has 9 nitrogen and oxygen atoms in total. The van der Waals surface area contributed by atoms with E-state index in [0.717, 1.165) is 69.0 Å². The molecule has 4 N–H and O–H groups in total. The smallest absolute Gasteiger partial charge is 0.253 e. The number of sulfone groups is 1. The average Bonchev–Trinajstić information content (AvgIpc) is 3.57. The first-order chi connectivity index (χ1) is 21.2. The summed E-state index contributed by atoms with van der Waals surface area (Å²) in [5, 5.41) is 14.1. The molecule has 0 spiro atoms. The van der Waals surface area contributed by atoms with Gasteiger partial charge in [-0.2, -0.15) is 0 Å². The topological polar surface area (TPSA) is 131 Å². The molecule has 5 rings (SSSR count). The van der Waals surface area contributed by atoms with Crippen LogP contribution in [0.5, 0.6) is 11.5 Å². The predicted octanol–water partition coefficient (Wildman–Crippen LogP) is 4.54. The van der Waals surface area contributed by atoms with Gasteiger partial charge in [0.05, 0.1) is 5.69 Å². The lowest BCUT2D eigenvalue weighted by Gasteiger charge is -2.30. The lowest BCUT2D eigenvalue weighted by atomic mass is 9.81. The van der Waals surface area contributed by atoms with E-state index in [0.29, 0.717) is 18.5 Å². The number of carbonyl (C=O) groups is 1. The highest BCUT2D eigenvalue weighted by atomic mass is 32.2. The van der Waals surface area contributed by atoms with Crippen molar-refractivity contribution in [3.8, 4) is 11.5 Å². The molecular formula is C34H43N3O6S. The number of rotatable bonds is 12. The third-order valence-electron chi connectivity index (χ3n) is 8.55. The summed E-state index contributed by atoms with van der Waals surface area (Å²) in [4.78, 5) is 14.5. The quantitative estimate of drug-likeness (QED) is 0.251. The van der Waals surface area contributed by atoms with Gasteiger partial charge in [-0.15, -0.1) is 0 Å². The van der Waals surface area contributed by atoms with Crippen LogP contribution in [0.25, 0.3) is 0 Å². The first-order valence-corrected chi connectivity index (χ1v) is 17.3. The summed E-state index contributed by atoms with van der Waals surface area (Å²) in [5.74, 6) is 0.938. The number of hydrogen-bond donors (Lipinski definition) is 3. The Hall–Kier alpha value is -3.60. The number of nitrogens with one attached hydrogen (secondary N) is 1. The molecule has 0 bridgehead atoms.